The average Bonchev–Trinajstić information content (AvgIpc) is 3.35. The summed E-state index contributed by atoms with van der Waals surface area (Å²) in [5.41, 5.74) is 7.70. The maximum atomic E-state index is 14.8. The second-order valence-electron chi connectivity index (χ2n) is 17.0. The molecular weight excluding hydrogens is 811 g/mol. The quantitative estimate of drug-likeness (QED) is 0.0816. The van der Waals surface area contributed by atoms with E-state index >= 15 is 0 Å². The number of rotatable bonds is 10. The van der Waals surface area contributed by atoms with Crippen LogP contribution in [-0.2, 0) is 0 Å². The Morgan fingerprint density at radius 2 is 0.892 bits per heavy atom. The van der Waals surface area contributed by atoms with Crippen molar-refractivity contribution in [3.8, 4) is 50.8 Å². The fourth-order valence-electron chi connectivity index (χ4n) is 10.5. The van der Waals surface area contributed by atoms with Gasteiger partial charge in [-0.25, -0.2) is 4.98 Å². The Kier molecular flexibility index (Phi) is 9.32. The molecule has 4 amide bonds. The van der Waals surface area contributed by atoms with Gasteiger partial charge in [0.2, 0.25) is 0 Å². The average molecular weight is 854 g/mol. The van der Waals surface area contributed by atoms with E-state index < -0.39 is 5.91 Å². The summed E-state index contributed by atoms with van der Waals surface area (Å²) in [5, 5.41) is 16.9. The lowest BCUT2D eigenvalue weighted by Gasteiger charge is -2.35. The molecule has 0 spiro atoms. The molecule has 2 aliphatic heterocycles. The summed E-state index contributed by atoms with van der Waals surface area (Å²) >= 11 is 0. The van der Waals surface area contributed by atoms with Crippen molar-refractivity contribution in [1.29, 1.82) is 0 Å². The van der Waals surface area contributed by atoms with Crippen molar-refractivity contribution in [2.75, 3.05) is 0 Å². The highest BCUT2D eigenvalue weighted by Gasteiger charge is 2.41. The summed E-state index contributed by atoms with van der Waals surface area (Å²) in [6, 6.07) is 33.7. The number of hydrogen-bond donors (Lipinski definition) is 1. The number of hydrogen-bond acceptors (Lipinski definition) is 8. The SMILES string of the molecule is CCC(CC)N1C(=O)c2ccc3c4c(-c5ccc(-c6cc(-c7ccccn7)nc(-c7ccccn7)c6)cc5)cc5c6c(ccc(c7c(O)cc(c2c37)C1=O)c64)C(=O)N(C(CC)CC)C5=O. The van der Waals surface area contributed by atoms with Gasteiger partial charge < -0.3 is 5.11 Å². The summed E-state index contributed by atoms with van der Waals surface area (Å²) in [5.74, 6) is -1.63. The Labute approximate surface area is 374 Å². The minimum Gasteiger partial charge on any atom is -0.507 e. The first kappa shape index (κ1) is 40.0. The van der Waals surface area contributed by atoms with Crippen molar-refractivity contribution in [3.05, 3.63) is 144 Å². The second-order valence-corrected chi connectivity index (χ2v) is 17.0. The van der Waals surface area contributed by atoms with Gasteiger partial charge in [-0.15, -0.1) is 0 Å². The van der Waals surface area contributed by atoms with E-state index in [-0.39, 0.29) is 41.1 Å². The molecule has 0 aliphatic carbocycles. The fraction of sp³-hybridized carbons (Fsp3) is 0.182. The number of carbonyl (C=O) groups excluding carboxylic acids is 4. The summed E-state index contributed by atoms with van der Waals surface area (Å²) in [4.78, 5) is 74.9. The molecule has 9 aromatic rings. The van der Waals surface area contributed by atoms with Crippen molar-refractivity contribution in [1.82, 2.24) is 24.8 Å². The van der Waals surface area contributed by atoms with Gasteiger partial charge in [-0.3, -0.25) is 38.9 Å². The molecule has 0 saturated heterocycles. The lowest BCUT2D eigenvalue weighted by molar-refractivity contribution is 0.0514. The highest BCUT2D eigenvalue weighted by molar-refractivity contribution is 6.43. The molecule has 1 N–H and O–H groups in total. The number of amides is 4. The summed E-state index contributed by atoms with van der Waals surface area (Å²) in [6.45, 7) is 7.88. The van der Waals surface area contributed by atoms with E-state index in [4.69, 9.17) is 4.98 Å². The minimum atomic E-state index is -0.437. The van der Waals surface area contributed by atoms with Gasteiger partial charge in [0, 0.05) is 62.7 Å². The van der Waals surface area contributed by atoms with Crippen LogP contribution in [0.4, 0.5) is 0 Å². The number of benzene rings is 6. The van der Waals surface area contributed by atoms with Gasteiger partial charge in [0.25, 0.3) is 23.6 Å². The molecule has 0 fully saturated rings. The molecule has 318 valence electrons. The van der Waals surface area contributed by atoms with Crippen LogP contribution in [0.1, 0.15) is 94.8 Å². The van der Waals surface area contributed by atoms with Crippen LogP contribution in [0.15, 0.2) is 122 Å². The van der Waals surface area contributed by atoms with Crippen LogP contribution in [0.2, 0.25) is 0 Å². The fourth-order valence-corrected chi connectivity index (χ4v) is 10.5. The van der Waals surface area contributed by atoms with E-state index in [9.17, 15) is 24.3 Å². The van der Waals surface area contributed by atoms with Crippen LogP contribution in [-0.4, -0.2) is 65.6 Å². The summed E-state index contributed by atoms with van der Waals surface area (Å²) in [7, 11) is 0. The molecule has 0 atom stereocenters. The van der Waals surface area contributed by atoms with Crippen LogP contribution in [0.3, 0.4) is 0 Å². The first-order valence-electron chi connectivity index (χ1n) is 22.4. The van der Waals surface area contributed by atoms with E-state index in [1.54, 1.807) is 24.5 Å². The maximum Gasteiger partial charge on any atom is 0.261 e. The number of imide groups is 2. The first-order valence-corrected chi connectivity index (χ1v) is 22.4. The Hall–Kier alpha value is -7.85. The normalized spacial score (nSPS) is 13.9. The molecule has 0 bridgehead atoms. The maximum absolute atomic E-state index is 14.8. The van der Waals surface area contributed by atoms with Crippen LogP contribution in [0.25, 0.3) is 88.1 Å². The number of phenols is 1. The van der Waals surface area contributed by atoms with Crippen molar-refractivity contribution >= 4 is 66.7 Å². The van der Waals surface area contributed by atoms with Gasteiger partial charge in [-0.05, 0) is 130 Å². The largest absolute Gasteiger partial charge is 0.507 e. The van der Waals surface area contributed by atoms with E-state index in [1.165, 1.54) is 15.9 Å². The van der Waals surface area contributed by atoms with Gasteiger partial charge in [0.05, 0.1) is 28.3 Å². The zero-order valence-corrected chi connectivity index (χ0v) is 36.3. The third-order valence-electron chi connectivity index (χ3n) is 13.7. The molecule has 5 heterocycles. The number of aromatic hydroxyl groups is 1. The molecule has 0 saturated carbocycles. The monoisotopic (exact) mass is 853 g/mol. The van der Waals surface area contributed by atoms with E-state index in [1.807, 2.05) is 119 Å². The predicted molar refractivity (Wildman–Crippen MR) is 254 cm³/mol. The molecule has 3 aromatic heterocycles. The van der Waals surface area contributed by atoms with Gasteiger partial charge in [-0.1, -0.05) is 76.2 Å². The number of nitrogens with zero attached hydrogens (tertiary/aromatic N) is 5. The van der Waals surface area contributed by atoms with Gasteiger partial charge in [-0.2, -0.15) is 0 Å². The number of pyridine rings is 3. The number of aromatic nitrogens is 3. The Bertz CT molecular complexity index is 3410. The van der Waals surface area contributed by atoms with Crippen LogP contribution in [0, 0.1) is 0 Å². The Balaban J connectivity index is 1.19. The highest BCUT2D eigenvalue weighted by atomic mass is 16.3. The lowest BCUT2D eigenvalue weighted by Crippen LogP contribution is -2.46. The molecule has 10 heteroatoms. The summed E-state index contributed by atoms with van der Waals surface area (Å²) in [6.07, 6.45) is 5.90. The third-order valence-corrected chi connectivity index (χ3v) is 13.7. The smallest absolute Gasteiger partial charge is 0.261 e. The molecular formula is C55H43N5O5. The van der Waals surface area contributed by atoms with Crippen LogP contribution >= 0.6 is 0 Å². The Morgan fingerprint density at radius 1 is 0.431 bits per heavy atom. The minimum absolute atomic E-state index is 0.116. The molecule has 6 aromatic carbocycles. The highest BCUT2D eigenvalue weighted by Crippen LogP contribution is 2.52. The first-order chi connectivity index (χ1) is 31.7. The van der Waals surface area contributed by atoms with E-state index in [2.05, 4.69) is 9.97 Å². The number of carbonyl (C=O) groups is 4. The van der Waals surface area contributed by atoms with Crippen molar-refractivity contribution in [3.63, 3.8) is 0 Å². The van der Waals surface area contributed by atoms with Crippen molar-refractivity contribution < 1.29 is 24.3 Å². The van der Waals surface area contributed by atoms with Crippen LogP contribution in [0.5, 0.6) is 5.75 Å². The third kappa shape index (κ3) is 5.82. The van der Waals surface area contributed by atoms with E-state index in [0.29, 0.717) is 91.5 Å². The molecule has 11 rings (SSSR count). The molecule has 0 radical (unpaired) electrons. The van der Waals surface area contributed by atoms with Gasteiger partial charge >= 0.3 is 0 Å². The van der Waals surface area contributed by atoms with Crippen molar-refractivity contribution in [2.24, 2.45) is 0 Å². The standard InChI is InChI=1S/C55H43N5O5/c1-5-32(6-2)59-52(62)36-22-20-35-49-45(61)28-40-48-37(53(63)60(55(40)65)33(7-3)8-4)21-19-34(51(48)49)46-38(27-39(54(59)64)47(36)50(35)46)30-17-15-29(16-18-30)31-25-43(41-13-9-11-23-56-41)58-44(26-31)42-14-10-12-24-57-42/h9-28,32-33,61H,5-8H2,1-4H3. The number of fused-ring (bicyclic) bond motifs is 2. The summed E-state index contributed by atoms with van der Waals surface area (Å²) < 4.78 is 0. The lowest BCUT2D eigenvalue weighted by atomic mass is 9.79. The zero-order valence-electron chi connectivity index (χ0n) is 36.3. The topological polar surface area (TPSA) is 134 Å². The number of phenolic OH excluding ortho intramolecular Hbond substituents is 1. The molecule has 65 heavy (non-hydrogen) atoms. The second kappa shape index (κ2) is 15.2. The predicted octanol–water partition coefficient (Wildman–Crippen LogP) is 11.9. The van der Waals surface area contributed by atoms with Gasteiger partial charge in [0.15, 0.2) is 0 Å². The molecule has 0 unspecified atom stereocenters. The van der Waals surface area contributed by atoms with Gasteiger partial charge in [0.1, 0.15) is 5.75 Å². The van der Waals surface area contributed by atoms with E-state index in [0.717, 1.165) is 39.0 Å². The zero-order chi connectivity index (χ0) is 44.8. The molecule has 2 aliphatic rings. The van der Waals surface area contributed by atoms with Crippen molar-refractivity contribution in [2.45, 2.75) is 65.5 Å². The molecule has 10 nitrogen and oxygen atoms in total. The van der Waals surface area contributed by atoms with Crippen LogP contribution < -0.4 is 0 Å². The Morgan fingerprint density at radius 3 is 1.38 bits per heavy atom.